The molecule has 3 rings (SSSR count). The lowest BCUT2D eigenvalue weighted by molar-refractivity contribution is -0.231. The van der Waals surface area contributed by atoms with E-state index < -0.39 is 80.1 Å². The third-order valence-corrected chi connectivity index (χ3v) is 5.46. The second-order valence-electron chi connectivity index (χ2n) is 7.51. The van der Waals surface area contributed by atoms with Gasteiger partial charge in [-0.05, 0) is 17.7 Å². The van der Waals surface area contributed by atoms with Crippen molar-refractivity contribution in [3.05, 3.63) is 35.1 Å². The van der Waals surface area contributed by atoms with Gasteiger partial charge >= 0.3 is 0 Å². The van der Waals surface area contributed by atoms with Crippen molar-refractivity contribution in [2.45, 2.75) is 61.0 Å². The molecule has 11 heteroatoms. The van der Waals surface area contributed by atoms with Crippen molar-refractivity contribution in [2.24, 2.45) is 0 Å². The summed E-state index contributed by atoms with van der Waals surface area (Å²) in [4.78, 5) is 0. The van der Waals surface area contributed by atoms with Gasteiger partial charge in [0.05, 0.1) is 18.8 Å². The molecule has 1 aromatic carbocycles. The van der Waals surface area contributed by atoms with E-state index in [1.54, 1.807) is 0 Å². The third kappa shape index (κ3) is 4.74. The molecule has 10 unspecified atom stereocenters. The SMILES string of the molecule is OCC1OC(C#Cc2ccc(C3OC(CO)C(O)C(O)C3O)cc2F)C(O)C(O)C1O. The van der Waals surface area contributed by atoms with Crippen LogP contribution in [0.1, 0.15) is 17.2 Å². The van der Waals surface area contributed by atoms with Gasteiger partial charge in [0.15, 0.2) is 0 Å². The molecule has 2 aliphatic heterocycles. The highest BCUT2D eigenvalue weighted by molar-refractivity contribution is 5.39. The van der Waals surface area contributed by atoms with Gasteiger partial charge in [-0.15, -0.1) is 0 Å². The highest BCUT2D eigenvalue weighted by atomic mass is 19.1. The minimum atomic E-state index is -1.61. The van der Waals surface area contributed by atoms with Gasteiger partial charge in [0.1, 0.15) is 66.9 Å². The lowest BCUT2D eigenvalue weighted by atomic mass is 9.91. The summed E-state index contributed by atoms with van der Waals surface area (Å²) in [5.41, 5.74) is 0.0121. The molecular formula is C20H25FO10. The number of benzene rings is 1. The highest BCUT2D eigenvalue weighted by Crippen LogP contribution is 2.33. The van der Waals surface area contributed by atoms with Crippen molar-refractivity contribution in [2.75, 3.05) is 13.2 Å². The van der Waals surface area contributed by atoms with Crippen molar-refractivity contribution in [1.29, 1.82) is 0 Å². The molecule has 10 atom stereocenters. The molecule has 0 aliphatic carbocycles. The Morgan fingerprint density at radius 3 is 1.94 bits per heavy atom. The Morgan fingerprint density at radius 1 is 0.774 bits per heavy atom. The molecule has 2 aliphatic rings. The molecule has 2 fully saturated rings. The van der Waals surface area contributed by atoms with E-state index in [9.17, 15) is 45.2 Å². The van der Waals surface area contributed by atoms with Crippen LogP contribution in [0.3, 0.4) is 0 Å². The quantitative estimate of drug-likeness (QED) is 0.218. The molecule has 8 N–H and O–H groups in total. The Bertz CT molecular complexity index is 822. The van der Waals surface area contributed by atoms with Crippen LogP contribution in [0.4, 0.5) is 4.39 Å². The first-order valence-corrected chi connectivity index (χ1v) is 9.61. The molecule has 10 nitrogen and oxygen atoms in total. The molecule has 2 saturated heterocycles. The lowest BCUT2D eigenvalue weighted by Gasteiger charge is -2.40. The summed E-state index contributed by atoms with van der Waals surface area (Å²) in [6, 6.07) is 3.63. The average Bonchev–Trinajstić information content (AvgIpc) is 2.76. The molecule has 172 valence electrons. The number of hydrogen-bond acceptors (Lipinski definition) is 10. The Morgan fingerprint density at radius 2 is 1.35 bits per heavy atom. The van der Waals surface area contributed by atoms with E-state index in [1.807, 2.05) is 0 Å². The summed E-state index contributed by atoms with van der Waals surface area (Å²) in [6.45, 7) is -1.24. The number of aliphatic hydroxyl groups excluding tert-OH is 8. The number of aliphatic hydroxyl groups is 8. The van der Waals surface area contributed by atoms with Gasteiger partial charge in [0.25, 0.3) is 0 Å². The van der Waals surface area contributed by atoms with Gasteiger partial charge in [0.2, 0.25) is 0 Å². The fourth-order valence-corrected chi connectivity index (χ4v) is 3.56. The zero-order chi connectivity index (χ0) is 22.9. The largest absolute Gasteiger partial charge is 0.394 e. The maximum atomic E-state index is 14.6. The molecule has 1 aromatic rings. The van der Waals surface area contributed by atoms with Crippen LogP contribution in [0.25, 0.3) is 0 Å². The van der Waals surface area contributed by atoms with E-state index in [0.717, 1.165) is 6.07 Å². The Kier molecular flexibility index (Phi) is 7.61. The average molecular weight is 444 g/mol. The van der Waals surface area contributed by atoms with Crippen molar-refractivity contribution >= 4 is 0 Å². The molecule has 0 bridgehead atoms. The Balaban J connectivity index is 1.79. The van der Waals surface area contributed by atoms with E-state index >= 15 is 0 Å². The molecular weight excluding hydrogens is 419 g/mol. The number of halogens is 1. The van der Waals surface area contributed by atoms with Crippen molar-refractivity contribution < 1.29 is 54.7 Å². The summed E-state index contributed by atoms with van der Waals surface area (Å²) in [7, 11) is 0. The Hall–Kier alpha value is -1.69. The van der Waals surface area contributed by atoms with E-state index in [4.69, 9.17) is 9.47 Å². The summed E-state index contributed by atoms with van der Waals surface area (Å²) < 4.78 is 25.2. The zero-order valence-electron chi connectivity index (χ0n) is 16.2. The summed E-state index contributed by atoms with van der Waals surface area (Å²) >= 11 is 0. The first-order valence-electron chi connectivity index (χ1n) is 9.61. The summed E-state index contributed by atoms with van der Waals surface area (Å²) in [5, 5.41) is 77.9. The molecule has 31 heavy (non-hydrogen) atoms. The van der Waals surface area contributed by atoms with Crippen LogP contribution < -0.4 is 0 Å². The van der Waals surface area contributed by atoms with Gasteiger partial charge in [-0.25, -0.2) is 4.39 Å². The normalized spacial score (nSPS) is 40.8. The molecule has 0 amide bonds. The van der Waals surface area contributed by atoms with Gasteiger partial charge in [-0.1, -0.05) is 17.9 Å². The standard InChI is InChI=1S/C20H25FO10/c21-10-5-9(20-19(29)18(28)16(26)13(7-23)31-20)2-1-8(10)3-4-11-14(24)17(27)15(25)12(6-22)30-11/h1-2,5,11-20,22-29H,6-7H2. The maximum Gasteiger partial charge on any atom is 0.147 e. The van der Waals surface area contributed by atoms with Gasteiger partial charge < -0.3 is 50.3 Å². The van der Waals surface area contributed by atoms with Gasteiger partial charge in [0, 0.05) is 0 Å². The second-order valence-corrected chi connectivity index (χ2v) is 7.51. The van der Waals surface area contributed by atoms with Crippen LogP contribution in [-0.4, -0.2) is 109 Å². The van der Waals surface area contributed by atoms with Crippen LogP contribution in [0.15, 0.2) is 18.2 Å². The smallest absolute Gasteiger partial charge is 0.147 e. The van der Waals surface area contributed by atoms with Crippen molar-refractivity contribution in [3.63, 3.8) is 0 Å². The number of ether oxygens (including phenoxy) is 2. The van der Waals surface area contributed by atoms with Crippen LogP contribution in [0.5, 0.6) is 0 Å². The first kappa shape index (κ1) is 24.0. The van der Waals surface area contributed by atoms with Gasteiger partial charge in [-0.2, -0.15) is 0 Å². The molecule has 0 spiro atoms. The van der Waals surface area contributed by atoms with E-state index in [2.05, 4.69) is 11.8 Å². The monoisotopic (exact) mass is 444 g/mol. The van der Waals surface area contributed by atoms with E-state index in [0.29, 0.717) is 0 Å². The van der Waals surface area contributed by atoms with Gasteiger partial charge in [-0.3, -0.25) is 0 Å². The van der Waals surface area contributed by atoms with Crippen LogP contribution in [0.2, 0.25) is 0 Å². The van der Waals surface area contributed by atoms with E-state index in [-0.39, 0.29) is 11.1 Å². The molecule has 0 saturated carbocycles. The predicted octanol–water partition coefficient (Wildman–Crippen LogP) is -3.47. The van der Waals surface area contributed by atoms with Crippen LogP contribution in [-0.2, 0) is 9.47 Å². The summed E-state index contributed by atoms with van der Waals surface area (Å²) in [6.07, 6.45) is -14.2. The lowest BCUT2D eigenvalue weighted by Crippen LogP contribution is -2.58. The minimum Gasteiger partial charge on any atom is -0.394 e. The van der Waals surface area contributed by atoms with Crippen molar-refractivity contribution in [3.8, 4) is 11.8 Å². The maximum absolute atomic E-state index is 14.6. The minimum absolute atomic E-state index is 0.120. The fourth-order valence-electron chi connectivity index (χ4n) is 3.56. The van der Waals surface area contributed by atoms with Crippen LogP contribution >= 0.6 is 0 Å². The van der Waals surface area contributed by atoms with E-state index in [1.165, 1.54) is 12.1 Å². The summed E-state index contributed by atoms with van der Waals surface area (Å²) in [5.74, 6) is 4.08. The molecule has 0 radical (unpaired) electrons. The predicted molar refractivity (Wildman–Crippen MR) is 99.8 cm³/mol. The third-order valence-electron chi connectivity index (χ3n) is 5.46. The fraction of sp³-hybridized carbons (Fsp3) is 0.600. The second kappa shape index (κ2) is 9.85. The van der Waals surface area contributed by atoms with Crippen LogP contribution in [0, 0.1) is 17.7 Å². The van der Waals surface area contributed by atoms with Crippen molar-refractivity contribution in [1.82, 2.24) is 0 Å². The first-order chi connectivity index (χ1) is 14.7. The number of rotatable bonds is 3. The Labute approximate surface area is 176 Å². The number of hydrogen-bond donors (Lipinski definition) is 8. The topological polar surface area (TPSA) is 180 Å². The molecule has 2 heterocycles. The molecule has 0 aromatic heterocycles. The highest BCUT2D eigenvalue weighted by Gasteiger charge is 2.44. The zero-order valence-corrected chi connectivity index (χ0v) is 16.2.